The van der Waals surface area contributed by atoms with Crippen LogP contribution in [0.3, 0.4) is 0 Å². The van der Waals surface area contributed by atoms with Crippen LogP contribution in [0, 0.1) is 20.8 Å². The first-order chi connectivity index (χ1) is 12.4. The molecule has 0 fully saturated rings. The summed E-state index contributed by atoms with van der Waals surface area (Å²) < 4.78 is 1.80. The number of benzene rings is 1. The van der Waals surface area contributed by atoms with Gasteiger partial charge in [0.25, 0.3) is 0 Å². The van der Waals surface area contributed by atoms with Crippen LogP contribution in [0.4, 0.5) is 5.69 Å². The van der Waals surface area contributed by atoms with E-state index in [4.69, 9.17) is 0 Å². The van der Waals surface area contributed by atoms with Crippen molar-refractivity contribution in [2.24, 2.45) is 7.05 Å². The van der Waals surface area contributed by atoms with Crippen LogP contribution in [0.25, 0.3) is 17.5 Å². The summed E-state index contributed by atoms with van der Waals surface area (Å²) in [4.78, 5) is 21.0. The minimum atomic E-state index is -0.199. The molecule has 6 heteroatoms. The summed E-state index contributed by atoms with van der Waals surface area (Å²) in [6.07, 6.45) is 5.04. The van der Waals surface area contributed by atoms with Crippen LogP contribution < -0.4 is 5.32 Å². The number of nitrogens with zero attached hydrogens (tertiary/aromatic N) is 4. The molecule has 26 heavy (non-hydrogen) atoms. The van der Waals surface area contributed by atoms with Crippen LogP contribution in [0.1, 0.15) is 22.6 Å². The molecule has 1 aromatic carbocycles. The normalized spacial score (nSPS) is 11.1. The fourth-order valence-electron chi connectivity index (χ4n) is 2.70. The highest BCUT2D eigenvalue weighted by Crippen LogP contribution is 2.19. The Hall–Kier alpha value is -3.28. The van der Waals surface area contributed by atoms with Crippen molar-refractivity contribution < 1.29 is 4.79 Å². The molecule has 0 spiro atoms. The molecule has 6 nitrogen and oxygen atoms in total. The first-order valence-corrected chi connectivity index (χ1v) is 8.33. The molecule has 0 unspecified atom stereocenters. The fourth-order valence-corrected chi connectivity index (χ4v) is 2.70. The highest BCUT2D eigenvalue weighted by Gasteiger charge is 2.07. The van der Waals surface area contributed by atoms with Crippen molar-refractivity contribution in [1.82, 2.24) is 19.7 Å². The highest BCUT2D eigenvalue weighted by molar-refractivity contribution is 6.02. The molecule has 0 aliphatic rings. The molecule has 0 aliphatic heterocycles. The molecule has 0 saturated heterocycles. The minimum absolute atomic E-state index is 0.199. The third kappa shape index (κ3) is 3.85. The Morgan fingerprint density at radius 3 is 2.69 bits per heavy atom. The summed E-state index contributed by atoms with van der Waals surface area (Å²) in [5.41, 5.74) is 5.33. The highest BCUT2D eigenvalue weighted by atomic mass is 16.1. The van der Waals surface area contributed by atoms with E-state index in [2.05, 4.69) is 20.4 Å². The van der Waals surface area contributed by atoms with E-state index in [0.717, 1.165) is 28.2 Å². The predicted molar refractivity (Wildman–Crippen MR) is 103 cm³/mol. The molecule has 0 atom stereocenters. The number of carbonyl (C=O) groups excluding carboxylic acids is 1. The van der Waals surface area contributed by atoms with Crippen LogP contribution >= 0.6 is 0 Å². The van der Waals surface area contributed by atoms with Gasteiger partial charge in [0.2, 0.25) is 5.91 Å². The fraction of sp³-hybridized carbons (Fsp3) is 0.200. The molecule has 3 aromatic rings. The minimum Gasteiger partial charge on any atom is -0.322 e. The van der Waals surface area contributed by atoms with Crippen molar-refractivity contribution in [2.45, 2.75) is 20.8 Å². The summed E-state index contributed by atoms with van der Waals surface area (Å²) in [7, 11) is 1.89. The Kier molecular flexibility index (Phi) is 4.93. The van der Waals surface area contributed by atoms with Gasteiger partial charge in [0.05, 0.1) is 5.69 Å². The summed E-state index contributed by atoms with van der Waals surface area (Å²) in [5.74, 6) is 0.438. The monoisotopic (exact) mass is 347 g/mol. The SMILES string of the molecule is Cc1ccnc(-c2cccc(NC(=O)C=Cc3c(C)nn(C)c3C)c2)n1. The molecule has 0 bridgehead atoms. The standard InChI is InChI=1S/C20H21N5O/c1-13-10-11-21-20(22-13)16-6-5-7-17(12-16)23-19(26)9-8-18-14(2)24-25(4)15(18)3/h5-12H,1-4H3,(H,23,26). The van der Waals surface area contributed by atoms with E-state index in [0.29, 0.717) is 11.5 Å². The number of anilines is 1. The molecule has 2 heterocycles. The van der Waals surface area contributed by atoms with Crippen LogP contribution in [-0.2, 0) is 11.8 Å². The number of aromatic nitrogens is 4. The number of hydrogen-bond donors (Lipinski definition) is 1. The molecule has 3 rings (SSSR count). The lowest BCUT2D eigenvalue weighted by Gasteiger charge is -2.05. The van der Waals surface area contributed by atoms with E-state index in [1.54, 1.807) is 17.0 Å². The second kappa shape index (κ2) is 7.31. The number of nitrogens with one attached hydrogen (secondary N) is 1. The van der Waals surface area contributed by atoms with Gasteiger partial charge in [0.1, 0.15) is 0 Å². The van der Waals surface area contributed by atoms with Crippen molar-refractivity contribution in [3.05, 3.63) is 65.2 Å². The van der Waals surface area contributed by atoms with Gasteiger partial charge in [0, 0.05) is 47.5 Å². The molecule has 0 saturated carbocycles. The lowest BCUT2D eigenvalue weighted by atomic mass is 10.1. The lowest BCUT2D eigenvalue weighted by molar-refractivity contribution is -0.111. The summed E-state index contributed by atoms with van der Waals surface area (Å²) in [6.45, 7) is 5.82. The smallest absolute Gasteiger partial charge is 0.248 e. The third-order valence-electron chi connectivity index (χ3n) is 4.15. The summed E-state index contributed by atoms with van der Waals surface area (Å²) >= 11 is 0. The maximum absolute atomic E-state index is 12.3. The quantitative estimate of drug-likeness (QED) is 0.734. The number of carbonyl (C=O) groups is 1. The van der Waals surface area contributed by atoms with Gasteiger partial charge in [-0.3, -0.25) is 9.48 Å². The van der Waals surface area contributed by atoms with Gasteiger partial charge in [-0.1, -0.05) is 12.1 Å². The zero-order valence-corrected chi connectivity index (χ0v) is 15.3. The second-order valence-electron chi connectivity index (χ2n) is 6.13. The molecule has 0 aliphatic carbocycles. The number of hydrogen-bond acceptors (Lipinski definition) is 4. The molecule has 132 valence electrons. The maximum atomic E-state index is 12.3. The maximum Gasteiger partial charge on any atom is 0.248 e. The van der Waals surface area contributed by atoms with Gasteiger partial charge in [-0.15, -0.1) is 0 Å². The van der Waals surface area contributed by atoms with Crippen molar-refractivity contribution in [3.63, 3.8) is 0 Å². The Labute approximate surface area is 152 Å². The summed E-state index contributed by atoms with van der Waals surface area (Å²) in [5, 5.41) is 7.22. The lowest BCUT2D eigenvalue weighted by Crippen LogP contribution is -2.07. The van der Waals surface area contributed by atoms with E-state index < -0.39 is 0 Å². The molecular weight excluding hydrogens is 326 g/mol. The Morgan fingerprint density at radius 2 is 2.00 bits per heavy atom. The zero-order valence-electron chi connectivity index (χ0n) is 15.3. The predicted octanol–water partition coefficient (Wildman–Crippen LogP) is 3.45. The van der Waals surface area contributed by atoms with E-state index in [1.165, 1.54) is 6.08 Å². The largest absolute Gasteiger partial charge is 0.322 e. The first-order valence-electron chi connectivity index (χ1n) is 8.33. The van der Waals surface area contributed by atoms with Crippen molar-refractivity contribution in [2.75, 3.05) is 5.32 Å². The Morgan fingerprint density at radius 1 is 1.19 bits per heavy atom. The van der Waals surface area contributed by atoms with Crippen LogP contribution in [0.5, 0.6) is 0 Å². The first kappa shape index (κ1) is 17.5. The van der Waals surface area contributed by atoms with Crippen LogP contribution in [-0.4, -0.2) is 25.7 Å². The molecule has 1 N–H and O–H groups in total. The van der Waals surface area contributed by atoms with E-state index in [-0.39, 0.29) is 5.91 Å². The van der Waals surface area contributed by atoms with Gasteiger partial charge in [-0.2, -0.15) is 5.10 Å². The number of amides is 1. The van der Waals surface area contributed by atoms with Gasteiger partial charge in [-0.05, 0) is 45.0 Å². The van der Waals surface area contributed by atoms with Crippen molar-refractivity contribution in [3.8, 4) is 11.4 Å². The van der Waals surface area contributed by atoms with Crippen molar-refractivity contribution >= 4 is 17.7 Å². The van der Waals surface area contributed by atoms with Crippen LogP contribution in [0.15, 0.2) is 42.6 Å². The average Bonchev–Trinajstić information content (AvgIpc) is 2.85. The van der Waals surface area contributed by atoms with Crippen LogP contribution in [0.2, 0.25) is 0 Å². The number of rotatable bonds is 4. The number of aryl methyl sites for hydroxylation is 3. The van der Waals surface area contributed by atoms with E-state index >= 15 is 0 Å². The molecule has 2 aromatic heterocycles. The Balaban J connectivity index is 1.76. The third-order valence-corrected chi connectivity index (χ3v) is 4.15. The van der Waals surface area contributed by atoms with E-state index in [1.807, 2.05) is 58.2 Å². The van der Waals surface area contributed by atoms with Gasteiger partial charge < -0.3 is 5.32 Å². The molecular formula is C20H21N5O. The summed E-state index contributed by atoms with van der Waals surface area (Å²) in [6, 6.07) is 9.34. The van der Waals surface area contributed by atoms with Gasteiger partial charge >= 0.3 is 0 Å². The molecule has 1 amide bonds. The second-order valence-corrected chi connectivity index (χ2v) is 6.13. The topological polar surface area (TPSA) is 72.7 Å². The van der Waals surface area contributed by atoms with E-state index in [9.17, 15) is 4.79 Å². The average molecular weight is 347 g/mol. The van der Waals surface area contributed by atoms with Crippen molar-refractivity contribution in [1.29, 1.82) is 0 Å². The van der Waals surface area contributed by atoms with Gasteiger partial charge in [-0.25, -0.2) is 9.97 Å². The Bertz CT molecular complexity index is 988. The molecule has 0 radical (unpaired) electrons. The van der Waals surface area contributed by atoms with Gasteiger partial charge in [0.15, 0.2) is 5.82 Å². The zero-order chi connectivity index (χ0) is 18.7.